The van der Waals surface area contributed by atoms with E-state index in [-0.39, 0.29) is 17.2 Å². The van der Waals surface area contributed by atoms with Gasteiger partial charge in [0.05, 0.1) is 11.0 Å². The number of carbonyl (C=O) groups excluding carboxylic acids is 2. The monoisotopic (exact) mass is 590 g/mol. The number of nitrogens with one attached hydrogen (secondary N) is 1. The molecular weight excluding hydrogens is 548 g/mol. The summed E-state index contributed by atoms with van der Waals surface area (Å²) in [6, 6.07) is 24.7. The summed E-state index contributed by atoms with van der Waals surface area (Å²) in [5.41, 5.74) is 4.38. The van der Waals surface area contributed by atoms with Crippen LogP contribution in [-0.4, -0.2) is 67.9 Å². The molecule has 44 heavy (non-hydrogen) atoms. The number of para-hydroxylation sites is 2. The second-order valence-corrected chi connectivity index (χ2v) is 13.1. The van der Waals surface area contributed by atoms with Gasteiger partial charge >= 0.3 is 0 Å². The van der Waals surface area contributed by atoms with E-state index in [0.29, 0.717) is 42.6 Å². The zero-order valence-corrected chi connectivity index (χ0v) is 25.8. The number of carbonyl (C=O) groups is 2. The highest BCUT2D eigenvalue weighted by molar-refractivity contribution is 5.96. The van der Waals surface area contributed by atoms with Crippen molar-refractivity contribution in [3.8, 4) is 0 Å². The molecule has 1 N–H and O–H groups in total. The van der Waals surface area contributed by atoms with Crippen LogP contribution in [0.3, 0.4) is 0 Å². The Labute approximate surface area is 259 Å². The van der Waals surface area contributed by atoms with E-state index in [1.165, 1.54) is 43.7 Å². The smallest absolute Gasteiger partial charge is 0.254 e. The van der Waals surface area contributed by atoms with Crippen molar-refractivity contribution in [2.45, 2.75) is 82.3 Å². The van der Waals surface area contributed by atoms with E-state index in [1.807, 2.05) is 4.90 Å². The first-order chi connectivity index (χ1) is 21.4. The van der Waals surface area contributed by atoms with E-state index in [2.05, 4.69) is 81.3 Å². The number of fused-ring (bicyclic) bond motifs is 3. The minimum Gasteiger partial charge on any atom is -0.339 e. The third-order valence-corrected chi connectivity index (χ3v) is 10.6. The summed E-state index contributed by atoms with van der Waals surface area (Å²) in [6.07, 6.45) is 9.50. The Morgan fingerprint density at radius 2 is 1.64 bits per heavy atom. The molecule has 2 aromatic heterocycles. The summed E-state index contributed by atoms with van der Waals surface area (Å²) < 4.78 is 2.51. The summed E-state index contributed by atoms with van der Waals surface area (Å²) >= 11 is 0. The number of amides is 2. The molecule has 0 unspecified atom stereocenters. The molecule has 2 bridgehead atoms. The maximum absolute atomic E-state index is 13.5. The molecule has 0 radical (unpaired) electrons. The first-order valence-electron chi connectivity index (χ1n) is 16.2. The first-order valence-corrected chi connectivity index (χ1v) is 16.2. The topological polar surface area (TPSA) is 83.4 Å². The molecule has 228 valence electrons. The largest absolute Gasteiger partial charge is 0.339 e. The minimum absolute atomic E-state index is 0.00287. The van der Waals surface area contributed by atoms with Crippen LogP contribution in [0.1, 0.15) is 79.7 Å². The summed E-state index contributed by atoms with van der Waals surface area (Å²) in [6.45, 7) is 6.13. The zero-order chi connectivity index (χ0) is 30.3. The normalized spacial score (nSPS) is 23.1. The van der Waals surface area contributed by atoms with Crippen LogP contribution in [0.4, 0.5) is 5.82 Å². The van der Waals surface area contributed by atoms with Crippen LogP contribution in [0.25, 0.3) is 11.0 Å². The molecule has 3 aliphatic heterocycles. The van der Waals surface area contributed by atoms with Crippen molar-refractivity contribution >= 4 is 28.7 Å². The van der Waals surface area contributed by atoms with Gasteiger partial charge in [0.15, 0.2) is 0 Å². The predicted molar refractivity (Wildman–Crippen MR) is 173 cm³/mol. The lowest BCUT2D eigenvalue weighted by Gasteiger charge is -2.45. The van der Waals surface area contributed by atoms with Crippen LogP contribution in [-0.2, 0) is 10.2 Å². The Morgan fingerprint density at radius 3 is 2.36 bits per heavy atom. The molecule has 8 nitrogen and oxygen atoms in total. The summed E-state index contributed by atoms with van der Waals surface area (Å²) in [7, 11) is 0. The number of hydrogen-bond donors (Lipinski definition) is 1. The van der Waals surface area contributed by atoms with E-state index in [0.717, 1.165) is 37.1 Å². The van der Waals surface area contributed by atoms with Crippen LogP contribution in [0, 0.1) is 6.92 Å². The molecule has 4 aromatic rings. The van der Waals surface area contributed by atoms with Gasteiger partial charge in [-0.15, -0.1) is 0 Å². The van der Waals surface area contributed by atoms with Gasteiger partial charge in [0, 0.05) is 49.9 Å². The van der Waals surface area contributed by atoms with Gasteiger partial charge in [-0.05, 0) is 93.7 Å². The zero-order valence-electron chi connectivity index (χ0n) is 25.8. The molecule has 2 amide bonds. The molecule has 3 saturated heterocycles. The number of imidazole rings is 1. The number of aromatic nitrogens is 3. The first kappa shape index (κ1) is 28.7. The predicted octanol–water partition coefficient (Wildman–Crippen LogP) is 6.13. The fourth-order valence-corrected chi connectivity index (χ4v) is 8.40. The van der Waals surface area contributed by atoms with Crippen LogP contribution >= 0.6 is 0 Å². The molecule has 5 heterocycles. The Kier molecular flexibility index (Phi) is 7.70. The fourth-order valence-electron chi connectivity index (χ4n) is 8.40. The van der Waals surface area contributed by atoms with Gasteiger partial charge in [-0.25, -0.2) is 9.97 Å². The standard InChI is InChI=1S/C36H42N6O2/c1-25-38-32-10-6-7-11-33(32)42(25)31-23-29-12-13-30(24-31)41(29)21-17-36(28-8-4-3-5-9-28)15-19-40(20-16-36)35(44)27-14-18-37-34(22-27)39-26(2)43/h3-11,14,18,22,29-31H,12-13,15-17,19-21,23-24H2,1-2H3,(H,37,39,43)/t29-,30+,31+. The number of nitrogens with zero attached hydrogens (tertiary/aromatic N) is 5. The number of hydrogen-bond acceptors (Lipinski definition) is 5. The van der Waals surface area contributed by atoms with E-state index >= 15 is 0 Å². The number of rotatable bonds is 7. The van der Waals surface area contributed by atoms with Gasteiger partial charge in [0.1, 0.15) is 11.6 Å². The molecule has 8 heteroatoms. The van der Waals surface area contributed by atoms with E-state index in [4.69, 9.17) is 4.98 Å². The van der Waals surface area contributed by atoms with Crippen LogP contribution in [0.5, 0.6) is 0 Å². The highest BCUT2D eigenvalue weighted by atomic mass is 16.2. The third-order valence-electron chi connectivity index (χ3n) is 10.6. The third kappa shape index (κ3) is 5.40. The lowest BCUT2D eigenvalue weighted by molar-refractivity contribution is -0.114. The van der Waals surface area contributed by atoms with Gasteiger partial charge in [0.2, 0.25) is 5.91 Å². The summed E-state index contributed by atoms with van der Waals surface area (Å²) in [5.74, 6) is 1.35. The minimum atomic E-state index is -0.198. The summed E-state index contributed by atoms with van der Waals surface area (Å²) in [5, 5.41) is 2.69. The Balaban J connectivity index is 1.05. The van der Waals surface area contributed by atoms with Crippen molar-refractivity contribution < 1.29 is 9.59 Å². The summed E-state index contributed by atoms with van der Waals surface area (Å²) in [4.78, 5) is 38.8. The van der Waals surface area contributed by atoms with E-state index < -0.39 is 0 Å². The molecule has 0 spiro atoms. The van der Waals surface area contributed by atoms with Gasteiger partial charge in [0.25, 0.3) is 5.91 Å². The number of piperidine rings is 2. The van der Waals surface area contributed by atoms with Gasteiger partial charge in [-0.2, -0.15) is 0 Å². The van der Waals surface area contributed by atoms with Crippen LogP contribution in [0.15, 0.2) is 72.9 Å². The fraction of sp³-hybridized carbons (Fsp3) is 0.444. The van der Waals surface area contributed by atoms with Crippen LogP contribution in [0.2, 0.25) is 0 Å². The quantitative estimate of drug-likeness (QED) is 0.280. The van der Waals surface area contributed by atoms with Crippen molar-refractivity contribution in [3.63, 3.8) is 0 Å². The second-order valence-electron chi connectivity index (χ2n) is 13.1. The number of likely N-dealkylation sites (tertiary alicyclic amines) is 1. The highest BCUT2D eigenvalue weighted by Crippen LogP contribution is 2.45. The second kappa shape index (κ2) is 11.8. The molecule has 3 aliphatic rings. The highest BCUT2D eigenvalue weighted by Gasteiger charge is 2.44. The Hall–Kier alpha value is -4.04. The van der Waals surface area contributed by atoms with Crippen molar-refractivity contribution in [1.82, 2.24) is 24.3 Å². The molecular formula is C36H42N6O2. The molecule has 3 atom stereocenters. The van der Waals surface area contributed by atoms with Gasteiger partial charge < -0.3 is 14.8 Å². The molecule has 0 aliphatic carbocycles. The maximum Gasteiger partial charge on any atom is 0.254 e. The Bertz CT molecular complexity index is 1640. The lowest BCUT2D eigenvalue weighted by atomic mass is 9.70. The average Bonchev–Trinajstić information content (AvgIpc) is 3.50. The van der Waals surface area contributed by atoms with Crippen molar-refractivity contribution in [2.75, 3.05) is 25.0 Å². The number of benzene rings is 2. The maximum atomic E-state index is 13.5. The number of aryl methyl sites for hydroxylation is 1. The lowest BCUT2D eigenvalue weighted by Crippen LogP contribution is -2.49. The molecule has 0 saturated carbocycles. The molecule has 7 rings (SSSR count). The average molecular weight is 591 g/mol. The number of pyridine rings is 1. The van der Waals surface area contributed by atoms with Gasteiger partial charge in [-0.1, -0.05) is 42.5 Å². The molecule has 3 fully saturated rings. The van der Waals surface area contributed by atoms with Crippen molar-refractivity contribution in [3.05, 3.63) is 89.9 Å². The van der Waals surface area contributed by atoms with Crippen LogP contribution < -0.4 is 5.32 Å². The van der Waals surface area contributed by atoms with Gasteiger partial charge in [-0.3, -0.25) is 14.5 Å². The SMILES string of the molecule is CC(=O)Nc1cc(C(=O)N2CCC(CCN3[C@@H]4CC[C@H]3C[C@@H](n3c(C)nc5ccccc53)C4)(c3ccccc3)CC2)ccn1. The van der Waals surface area contributed by atoms with Crippen molar-refractivity contribution in [1.29, 1.82) is 0 Å². The molecule has 2 aromatic carbocycles. The number of anilines is 1. The van der Waals surface area contributed by atoms with Crippen molar-refractivity contribution in [2.24, 2.45) is 0 Å². The Morgan fingerprint density at radius 1 is 0.932 bits per heavy atom. The van der Waals surface area contributed by atoms with E-state index in [9.17, 15) is 9.59 Å². The van der Waals surface area contributed by atoms with E-state index in [1.54, 1.807) is 18.3 Å².